The van der Waals surface area contributed by atoms with Crippen molar-refractivity contribution < 1.29 is 28.4 Å². The van der Waals surface area contributed by atoms with Crippen LogP contribution in [0.25, 0.3) is 0 Å². The van der Waals surface area contributed by atoms with Gasteiger partial charge in [0, 0.05) is 5.92 Å². The minimum Gasteiger partial charge on any atom is -0.491 e. The molecule has 3 heterocycles. The first-order valence-corrected chi connectivity index (χ1v) is 11.6. The summed E-state index contributed by atoms with van der Waals surface area (Å²) in [7, 11) is 0. The highest BCUT2D eigenvalue weighted by Gasteiger charge is 2.24. The second kappa shape index (κ2) is 9.41. The molecule has 0 spiro atoms. The van der Waals surface area contributed by atoms with E-state index in [9.17, 15) is 0 Å². The average Bonchev–Trinajstić information content (AvgIpc) is 3.73. The lowest BCUT2D eigenvalue weighted by molar-refractivity contribution is 0.263. The van der Waals surface area contributed by atoms with Crippen LogP contribution in [0.15, 0.2) is 84.8 Å². The minimum absolute atomic E-state index is 0.0563. The Hall–Kier alpha value is -3.48. The van der Waals surface area contributed by atoms with E-state index in [-0.39, 0.29) is 18.1 Å². The number of hydrogen-bond donors (Lipinski definition) is 0. The Morgan fingerprint density at radius 2 is 1.09 bits per heavy atom. The summed E-state index contributed by atoms with van der Waals surface area (Å²) in [4.78, 5) is 0. The lowest BCUT2D eigenvalue weighted by atomic mass is 9.85. The molecule has 3 aliphatic heterocycles. The number of hydrogen-bond acceptors (Lipinski definition) is 6. The maximum atomic E-state index is 5.83. The molecular formula is C28H26O6. The largest absolute Gasteiger partial charge is 0.491 e. The molecule has 2 atom stereocenters. The zero-order chi connectivity index (χ0) is 22.7. The van der Waals surface area contributed by atoms with Crippen LogP contribution < -0.4 is 14.2 Å². The van der Waals surface area contributed by atoms with Crippen LogP contribution in [0.4, 0.5) is 0 Å². The molecule has 0 N–H and O–H groups in total. The van der Waals surface area contributed by atoms with Crippen molar-refractivity contribution in [3.8, 4) is 17.2 Å². The van der Waals surface area contributed by atoms with Crippen molar-refractivity contribution in [1.29, 1.82) is 0 Å². The molecule has 6 rings (SSSR count). The van der Waals surface area contributed by atoms with E-state index in [0.717, 1.165) is 36.2 Å². The normalized spacial score (nSPS) is 21.9. The Balaban J connectivity index is 1.23. The van der Waals surface area contributed by atoms with Crippen LogP contribution >= 0.6 is 0 Å². The SMILES string of the molecule is C(/Oc1ccc(C(c2ccc(OCC3CO3)cc2)c2ccc(OCC3CO3)cc2)cc1)=C1\CO1. The highest BCUT2D eigenvalue weighted by atomic mass is 16.6. The Labute approximate surface area is 198 Å². The summed E-state index contributed by atoms with van der Waals surface area (Å²) in [6, 6.07) is 24.8. The molecule has 34 heavy (non-hydrogen) atoms. The predicted molar refractivity (Wildman–Crippen MR) is 125 cm³/mol. The van der Waals surface area contributed by atoms with E-state index in [1.54, 1.807) is 6.26 Å². The van der Waals surface area contributed by atoms with Crippen molar-refractivity contribution in [3.63, 3.8) is 0 Å². The molecule has 0 amide bonds. The summed E-state index contributed by atoms with van der Waals surface area (Å²) >= 11 is 0. The van der Waals surface area contributed by atoms with Crippen molar-refractivity contribution in [1.82, 2.24) is 0 Å². The van der Waals surface area contributed by atoms with E-state index in [2.05, 4.69) is 36.4 Å². The molecule has 0 aliphatic carbocycles. The average molecular weight is 459 g/mol. The summed E-state index contributed by atoms with van der Waals surface area (Å²) in [6.07, 6.45) is 2.13. The van der Waals surface area contributed by atoms with Crippen molar-refractivity contribution in [2.45, 2.75) is 18.1 Å². The van der Waals surface area contributed by atoms with Crippen LogP contribution in [0, 0.1) is 0 Å². The van der Waals surface area contributed by atoms with Gasteiger partial charge in [0.1, 0.15) is 55.5 Å². The molecule has 6 heteroatoms. The molecule has 3 saturated heterocycles. The summed E-state index contributed by atoms with van der Waals surface area (Å²) in [5, 5.41) is 0. The quantitative estimate of drug-likeness (QED) is 0.236. The van der Waals surface area contributed by atoms with Crippen LogP contribution in [-0.2, 0) is 14.2 Å². The first-order chi connectivity index (χ1) is 16.8. The van der Waals surface area contributed by atoms with Gasteiger partial charge in [-0.15, -0.1) is 0 Å². The second-order valence-corrected chi connectivity index (χ2v) is 8.66. The third kappa shape index (κ3) is 5.53. The predicted octanol–water partition coefficient (Wildman–Crippen LogP) is 4.67. The fourth-order valence-electron chi connectivity index (χ4n) is 3.78. The van der Waals surface area contributed by atoms with Gasteiger partial charge in [-0.3, -0.25) is 0 Å². The van der Waals surface area contributed by atoms with Crippen molar-refractivity contribution in [2.24, 2.45) is 0 Å². The van der Waals surface area contributed by atoms with Gasteiger partial charge in [0.2, 0.25) is 0 Å². The molecule has 3 aromatic rings. The third-order valence-corrected chi connectivity index (χ3v) is 5.95. The lowest BCUT2D eigenvalue weighted by Crippen LogP contribution is -2.06. The molecule has 3 aromatic carbocycles. The maximum Gasteiger partial charge on any atom is 0.169 e. The second-order valence-electron chi connectivity index (χ2n) is 8.66. The smallest absolute Gasteiger partial charge is 0.169 e. The number of rotatable bonds is 11. The fourth-order valence-corrected chi connectivity index (χ4v) is 3.78. The van der Waals surface area contributed by atoms with E-state index < -0.39 is 0 Å². The van der Waals surface area contributed by atoms with Gasteiger partial charge in [-0.05, 0) is 53.1 Å². The summed E-state index contributed by atoms with van der Waals surface area (Å²) in [5.74, 6) is 3.41. The Kier molecular flexibility index (Phi) is 5.83. The van der Waals surface area contributed by atoms with Crippen LogP contribution in [-0.4, -0.2) is 45.2 Å². The van der Waals surface area contributed by atoms with E-state index in [1.807, 2.05) is 36.4 Å². The van der Waals surface area contributed by atoms with Gasteiger partial charge in [-0.2, -0.15) is 0 Å². The van der Waals surface area contributed by atoms with Crippen LogP contribution in [0.2, 0.25) is 0 Å². The van der Waals surface area contributed by atoms with Crippen molar-refractivity contribution in [3.05, 3.63) is 102 Å². The molecule has 0 saturated carbocycles. The molecule has 2 unspecified atom stereocenters. The molecular weight excluding hydrogens is 432 g/mol. The van der Waals surface area contributed by atoms with Gasteiger partial charge >= 0.3 is 0 Å². The van der Waals surface area contributed by atoms with E-state index in [0.29, 0.717) is 19.8 Å². The topological polar surface area (TPSA) is 65.3 Å². The van der Waals surface area contributed by atoms with Gasteiger partial charge in [0.25, 0.3) is 0 Å². The van der Waals surface area contributed by atoms with E-state index >= 15 is 0 Å². The number of ether oxygens (including phenoxy) is 6. The van der Waals surface area contributed by atoms with Crippen molar-refractivity contribution in [2.75, 3.05) is 33.0 Å². The maximum absolute atomic E-state index is 5.83. The van der Waals surface area contributed by atoms with Crippen molar-refractivity contribution >= 4 is 0 Å². The van der Waals surface area contributed by atoms with Gasteiger partial charge < -0.3 is 28.4 Å². The van der Waals surface area contributed by atoms with Crippen LogP contribution in [0.1, 0.15) is 22.6 Å². The van der Waals surface area contributed by atoms with Gasteiger partial charge in [-0.1, -0.05) is 36.4 Å². The van der Waals surface area contributed by atoms with Gasteiger partial charge in [-0.25, -0.2) is 0 Å². The monoisotopic (exact) mass is 458 g/mol. The zero-order valence-electron chi connectivity index (χ0n) is 18.7. The Bertz CT molecular complexity index is 1060. The Morgan fingerprint density at radius 3 is 1.47 bits per heavy atom. The fraction of sp³-hybridized carbons (Fsp3) is 0.286. The first-order valence-electron chi connectivity index (χ1n) is 11.6. The summed E-state index contributed by atoms with van der Waals surface area (Å²) < 4.78 is 32.9. The first kappa shape index (κ1) is 21.1. The molecule has 3 fully saturated rings. The number of epoxide rings is 3. The summed E-state index contributed by atoms with van der Waals surface area (Å²) in [5.41, 5.74) is 3.53. The Morgan fingerprint density at radius 1 is 0.676 bits per heavy atom. The van der Waals surface area contributed by atoms with Crippen LogP contribution in [0.5, 0.6) is 17.2 Å². The minimum atomic E-state index is 0.0563. The molecule has 0 bridgehead atoms. The van der Waals surface area contributed by atoms with Gasteiger partial charge in [0.15, 0.2) is 5.76 Å². The standard InChI is InChI=1S/C28H26O6/c1-7-22(29-13-25-16-32-25)8-2-19(1)28(20-3-9-23(10-4-20)30-14-26-17-33-26)21-5-11-24(12-6-21)31-15-27-18-34-27/h1-13,26-28H,14-18H2/b25-13-. The summed E-state index contributed by atoms with van der Waals surface area (Å²) in [6.45, 7) is 3.42. The highest BCUT2D eigenvalue weighted by Crippen LogP contribution is 2.35. The van der Waals surface area contributed by atoms with Gasteiger partial charge in [0.05, 0.1) is 13.2 Å². The third-order valence-electron chi connectivity index (χ3n) is 5.95. The molecule has 0 radical (unpaired) electrons. The van der Waals surface area contributed by atoms with E-state index in [1.165, 1.54) is 16.7 Å². The molecule has 6 nitrogen and oxygen atoms in total. The lowest BCUT2D eigenvalue weighted by Gasteiger charge is -2.20. The highest BCUT2D eigenvalue weighted by molar-refractivity contribution is 5.47. The van der Waals surface area contributed by atoms with E-state index in [4.69, 9.17) is 28.4 Å². The van der Waals surface area contributed by atoms with Crippen LogP contribution in [0.3, 0.4) is 0 Å². The molecule has 0 aromatic heterocycles. The molecule has 174 valence electrons. The zero-order valence-corrected chi connectivity index (χ0v) is 18.7. The number of benzene rings is 3. The molecule has 3 aliphatic rings.